The lowest BCUT2D eigenvalue weighted by atomic mass is 10.3. The zero-order valence-corrected chi connectivity index (χ0v) is 12.2. The van der Waals surface area contributed by atoms with Gasteiger partial charge in [-0.2, -0.15) is 0 Å². The Bertz CT molecular complexity index is 635. The average molecular weight is 307 g/mol. The number of rotatable bonds is 6. The van der Waals surface area contributed by atoms with Gasteiger partial charge in [0.25, 0.3) is 0 Å². The van der Waals surface area contributed by atoms with E-state index < -0.39 is 5.97 Å². The highest BCUT2D eigenvalue weighted by Crippen LogP contribution is 2.24. The normalized spacial score (nSPS) is 10.2. The van der Waals surface area contributed by atoms with Crippen molar-refractivity contribution < 1.29 is 19.4 Å². The van der Waals surface area contributed by atoms with E-state index in [1.807, 2.05) is 6.07 Å². The third kappa shape index (κ3) is 3.54. The van der Waals surface area contributed by atoms with Gasteiger partial charge in [0, 0.05) is 25.7 Å². The van der Waals surface area contributed by atoms with Crippen molar-refractivity contribution in [3.05, 3.63) is 34.5 Å². The molecule has 21 heavy (non-hydrogen) atoms. The number of carbonyl (C=O) groups excluding carboxylic acids is 1. The molecule has 0 aliphatic carbocycles. The highest BCUT2D eigenvalue weighted by atomic mass is 32.1. The minimum atomic E-state index is -1.21. The highest BCUT2D eigenvalue weighted by molar-refractivity contribution is 7.17. The van der Waals surface area contributed by atoms with Gasteiger partial charge in [0.2, 0.25) is 5.88 Å². The molecule has 0 fully saturated rings. The minimum Gasteiger partial charge on any atom is -0.481 e. The van der Waals surface area contributed by atoms with Crippen LogP contribution in [0, 0.1) is 0 Å². The third-order valence-corrected chi connectivity index (χ3v) is 3.71. The van der Waals surface area contributed by atoms with Crippen LogP contribution >= 0.6 is 11.3 Å². The van der Waals surface area contributed by atoms with E-state index in [0.717, 1.165) is 16.9 Å². The van der Waals surface area contributed by atoms with Gasteiger partial charge in [-0.05, 0) is 5.56 Å². The van der Waals surface area contributed by atoms with Crippen LogP contribution in [0.2, 0.25) is 0 Å². The van der Waals surface area contributed by atoms with Gasteiger partial charge in [0.1, 0.15) is 4.88 Å². The second-order valence-corrected chi connectivity index (χ2v) is 5.12. The molecule has 2 N–H and O–H groups in total. The quantitative estimate of drug-likeness (QED) is 0.787. The summed E-state index contributed by atoms with van der Waals surface area (Å²) < 4.78 is 4.96. The van der Waals surface area contributed by atoms with Crippen LogP contribution in [0.4, 0.5) is 5.13 Å². The largest absolute Gasteiger partial charge is 0.481 e. The first-order chi connectivity index (χ1) is 10.0. The molecule has 2 rings (SSSR count). The number of nitrogens with zero attached hydrogens (tertiary/aromatic N) is 2. The topological polar surface area (TPSA) is 101 Å². The number of hydrogen-bond acceptors (Lipinski definition) is 7. The molecular weight excluding hydrogens is 294 g/mol. The van der Waals surface area contributed by atoms with Crippen LogP contribution in [-0.4, -0.2) is 33.9 Å². The van der Waals surface area contributed by atoms with Crippen LogP contribution in [-0.2, 0) is 6.54 Å². The first-order valence-corrected chi connectivity index (χ1v) is 6.80. The fourth-order valence-electron chi connectivity index (χ4n) is 1.59. The van der Waals surface area contributed by atoms with Gasteiger partial charge in [0.15, 0.2) is 16.6 Å². The molecule has 110 valence electrons. The number of anilines is 1. The molecule has 0 saturated heterocycles. The molecule has 2 aromatic rings. The van der Waals surface area contributed by atoms with Crippen LogP contribution in [0.1, 0.15) is 32.6 Å². The number of Topliss-reactive ketones (excluding diaryl/α,β-unsaturated/α-hetero) is 1. The zero-order chi connectivity index (χ0) is 15.4. The van der Waals surface area contributed by atoms with E-state index >= 15 is 0 Å². The second kappa shape index (κ2) is 6.31. The summed E-state index contributed by atoms with van der Waals surface area (Å²) in [7, 11) is 1.53. The summed E-state index contributed by atoms with van der Waals surface area (Å²) >= 11 is 1.03. The Hall–Kier alpha value is -2.48. The number of ether oxygens (including phenoxy) is 1. The number of aromatic carboxylic acids is 1. The van der Waals surface area contributed by atoms with Gasteiger partial charge in [0.05, 0.1) is 7.11 Å². The summed E-state index contributed by atoms with van der Waals surface area (Å²) in [6.07, 6.45) is 1.64. The number of methoxy groups -OCH3 is 1. The summed E-state index contributed by atoms with van der Waals surface area (Å²) in [6, 6.07) is 3.55. The van der Waals surface area contributed by atoms with Gasteiger partial charge in [-0.3, -0.25) is 4.79 Å². The standard InChI is InChI=1S/C13H13N3O4S/c1-7(17)11-10(12(18)19)16-13(21-11)15-6-8-3-4-9(20-2)14-5-8/h3-5H,6H2,1-2H3,(H,15,16)(H,18,19). The average Bonchev–Trinajstić information content (AvgIpc) is 2.90. The lowest BCUT2D eigenvalue weighted by Crippen LogP contribution is -2.04. The van der Waals surface area contributed by atoms with Crippen LogP contribution in [0.25, 0.3) is 0 Å². The Morgan fingerprint density at radius 1 is 1.43 bits per heavy atom. The Labute approximate surface area is 124 Å². The van der Waals surface area contributed by atoms with E-state index in [4.69, 9.17) is 9.84 Å². The van der Waals surface area contributed by atoms with Crippen molar-refractivity contribution in [2.75, 3.05) is 12.4 Å². The van der Waals surface area contributed by atoms with Crippen molar-refractivity contribution in [2.45, 2.75) is 13.5 Å². The maximum Gasteiger partial charge on any atom is 0.356 e. The summed E-state index contributed by atoms with van der Waals surface area (Å²) in [5.74, 6) is -1.01. The molecule has 0 atom stereocenters. The number of ketones is 1. The molecule has 0 saturated carbocycles. The van der Waals surface area contributed by atoms with Gasteiger partial charge in [-0.25, -0.2) is 14.8 Å². The first kappa shape index (κ1) is 14.9. The molecule has 2 heterocycles. The number of nitrogens with one attached hydrogen (secondary N) is 1. The van der Waals surface area contributed by atoms with Crippen LogP contribution in [0.15, 0.2) is 18.3 Å². The van der Waals surface area contributed by atoms with Crippen molar-refractivity contribution in [3.8, 4) is 5.88 Å². The molecule has 0 aliphatic rings. The van der Waals surface area contributed by atoms with E-state index in [-0.39, 0.29) is 16.4 Å². The predicted molar refractivity (Wildman–Crippen MR) is 77.2 cm³/mol. The number of carboxylic acid groups (broad SMARTS) is 1. The number of carbonyl (C=O) groups is 2. The monoisotopic (exact) mass is 307 g/mol. The van der Waals surface area contributed by atoms with E-state index in [1.165, 1.54) is 14.0 Å². The van der Waals surface area contributed by atoms with Crippen molar-refractivity contribution in [2.24, 2.45) is 0 Å². The summed E-state index contributed by atoms with van der Waals surface area (Å²) in [5.41, 5.74) is 0.662. The Balaban J connectivity index is 2.10. The zero-order valence-electron chi connectivity index (χ0n) is 11.4. The molecule has 0 amide bonds. The van der Waals surface area contributed by atoms with Gasteiger partial charge >= 0.3 is 5.97 Å². The molecule has 0 unspecified atom stereocenters. The van der Waals surface area contributed by atoms with E-state index in [9.17, 15) is 9.59 Å². The first-order valence-electron chi connectivity index (χ1n) is 5.99. The summed E-state index contributed by atoms with van der Waals surface area (Å²) in [4.78, 5) is 30.5. The number of thiazole rings is 1. The number of hydrogen-bond donors (Lipinski definition) is 2. The third-order valence-electron chi connectivity index (χ3n) is 2.60. The SMILES string of the molecule is COc1ccc(CNc2nc(C(=O)O)c(C(C)=O)s2)cn1. The molecule has 0 radical (unpaired) electrons. The molecule has 7 nitrogen and oxygen atoms in total. The van der Waals surface area contributed by atoms with E-state index in [2.05, 4.69) is 15.3 Å². The molecule has 0 spiro atoms. The van der Waals surface area contributed by atoms with Gasteiger partial charge < -0.3 is 15.2 Å². The molecular formula is C13H13N3O4S. The number of carboxylic acids is 1. The number of pyridine rings is 1. The molecule has 0 aliphatic heterocycles. The Morgan fingerprint density at radius 3 is 2.67 bits per heavy atom. The molecule has 0 aromatic carbocycles. The van der Waals surface area contributed by atoms with E-state index in [1.54, 1.807) is 12.3 Å². The van der Waals surface area contributed by atoms with Crippen molar-refractivity contribution in [1.29, 1.82) is 0 Å². The smallest absolute Gasteiger partial charge is 0.356 e. The minimum absolute atomic E-state index is 0.137. The second-order valence-electron chi connectivity index (χ2n) is 4.12. The lowest BCUT2D eigenvalue weighted by Gasteiger charge is -2.03. The lowest BCUT2D eigenvalue weighted by molar-refractivity contribution is 0.0687. The fourth-order valence-corrected chi connectivity index (χ4v) is 2.44. The van der Waals surface area contributed by atoms with E-state index in [0.29, 0.717) is 17.6 Å². The molecule has 0 bridgehead atoms. The van der Waals surface area contributed by atoms with Gasteiger partial charge in [-0.1, -0.05) is 17.4 Å². The van der Waals surface area contributed by atoms with Crippen LogP contribution in [0.3, 0.4) is 0 Å². The maximum absolute atomic E-state index is 11.4. The highest BCUT2D eigenvalue weighted by Gasteiger charge is 2.20. The van der Waals surface area contributed by atoms with Gasteiger partial charge in [-0.15, -0.1) is 0 Å². The van der Waals surface area contributed by atoms with Crippen molar-refractivity contribution >= 4 is 28.2 Å². The fraction of sp³-hybridized carbons (Fsp3) is 0.231. The molecule has 8 heteroatoms. The number of aromatic nitrogens is 2. The van der Waals surface area contributed by atoms with Crippen LogP contribution in [0.5, 0.6) is 5.88 Å². The summed E-state index contributed by atoms with van der Waals surface area (Å²) in [6.45, 7) is 1.73. The van der Waals surface area contributed by atoms with Crippen LogP contribution < -0.4 is 10.1 Å². The maximum atomic E-state index is 11.4. The molecule has 2 aromatic heterocycles. The van der Waals surface area contributed by atoms with Crippen molar-refractivity contribution in [1.82, 2.24) is 9.97 Å². The summed E-state index contributed by atoms with van der Waals surface area (Å²) in [5, 5.41) is 12.4. The van der Waals surface area contributed by atoms with Crippen molar-refractivity contribution in [3.63, 3.8) is 0 Å². The Kier molecular flexibility index (Phi) is 4.49. The Morgan fingerprint density at radius 2 is 2.19 bits per heavy atom. The predicted octanol–water partition coefficient (Wildman–Crippen LogP) is 2.06.